The van der Waals surface area contributed by atoms with E-state index in [1.807, 2.05) is 31.3 Å². The molecule has 76 valence electrons. The molecule has 14 heavy (non-hydrogen) atoms. The average Bonchev–Trinajstić information content (AvgIpc) is 2.27. The smallest absolute Gasteiger partial charge is 0.170 e. The molecule has 4 nitrogen and oxygen atoms in total. The zero-order valence-electron chi connectivity index (χ0n) is 8.44. The number of amidine groups is 1. The van der Waals surface area contributed by atoms with Gasteiger partial charge in [-0.3, -0.25) is 0 Å². The molecule has 0 fully saturated rings. The summed E-state index contributed by atoms with van der Waals surface area (Å²) >= 11 is 0. The van der Waals surface area contributed by atoms with Crippen molar-refractivity contribution in [3.8, 4) is 0 Å². The van der Waals surface area contributed by atoms with Gasteiger partial charge in [0.1, 0.15) is 0 Å². The van der Waals surface area contributed by atoms with E-state index in [0.717, 1.165) is 17.8 Å². The first-order chi connectivity index (χ1) is 6.69. The normalized spacial score (nSPS) is 11.4. The van der Waals surface area contributed by atoms with Gasteiger partial charge in [-0.2, -0.15) is 0 Å². The Morgan fingerprint density at radius 3 is 2.86 bits per heavy atom. The maximum atomic E-state index is 8.52. The van der Waals surface area contributed by atoms with Gasteiger partial charge in [-0.15, -0.1) is 0 Å². The molecule has 0 unspecified atom stereocenters. The van der Waals surface area contributed by atoms with Gasteiger partial charge in [0.2, 0.25) is 0 Å². The van der Waals surface area contributed by atoms with Crippen molar-refractivity contribution in [3.63, 3.8) is 0 Å². The van der Waals surface area contributed by atoms with Crippen LogP contribution in [0, 0.1) is 0 Å². The summed E-state index contributed by atoms with van der Waals surface area (Å²) in [7, 11) is 1.99. The molecule has 1 aromatic rings. The Balaban J connectivity index is 3.01. The molecule has 0 bridgehead atoms. The van der Waals surface area contributed by atoms with Crippen LogP contribution >= 0.6 is 0 Å². The first-order valence-electron chi connectivity index (χ1n) is 4.48. The number of nitrogens with two attached hydrogens (primary N) is 1. The third-order valence-electron chi connectivity index (χ3n) is 2.16. The van der Waals surface area contributed by atoms with Crippen molar-refractivity contribution in [3.05, 3.63) is 29.8 Å². The lowest BCUT2D eigenvalue weighted by atomic mass is 10.2. The van der Waals surface area contributed by atoms with Crippen LogP contribution in [0.3, 0.4) is 0 Å². The molecule has 0 heterocycles. The molecule has 1 aromatic carbocycles. The predicted octanol–water partition coefficient (Wildman–Crippen LogP) is 1.24. The highest BCUT2D eigenvalue weighted by molar-refractivity contribution is 5.97. The molecule has 0 spiro atoms. The number of rotatable bonds is 3. The van der Waals surface area contributed by atoms with Crippen LogP contribution in [-0.2, 0) is 0 Å². The van der Waals surface area contributed by atoms with Crippen molar-refractivity contribution in [2.45, 2.75) is 6.92 Å². The fourth-order valence-electron chi connectivity index (χ4n) is 1.14. The quantitative estimate of drug-likeness (QED) is 0.328. The SMILES string of the molecule is CCN(C)c1cccc(/C(N)=N/O)c1. The molecule has 0 atom stereocenters. The number of hydrogen-bond donors (Lipinski definition) is 2. The van der Waals surface area contributed by atoms with Crippen molar-refractivity contribution in [2.75, 3.05) is 18.5 Å². The zero-order valence-corrected chi connectivity index (χ0v) is 8.44. The van der Waals surface area contributed by atoms with Crippen molar-refractivity contribution < 1.29 is 5.21 Å². The zero-order chi connectivity index (χ0) is 10.6. The summed E-state index contributed by atoms with van der Waals surface area (Å²) < 4.78 is 0. The predicted molar refractivity (Wildman–Crippen MR) is 57.9 cm³/mol. The van der Waals surface area contributed by atoms with Gasteiger partial charge >= 0.3 is 0 Å². The van der Waals surface area contributed by atoms with E-state index in [1.54, 1.807) is 0 Å². The van der Waals surface area contributed by atoms with Crippen LogP contribution in [0.1, 0.15) is 12.5 Å². The van der Waals surface area contributed by atoms with Gasteiger partial charge in [-0.25, -0.2) is 0 Å². The summed E-state index contributed by atoms with van der Waals surface area (Å²) in [4.78, 5) is 2.08. The maximum absolute atomic E-state index is 8.52. The molecule has 0 amide bonds. The topological polar surface area (TPSA) is 61.8 Å². The van der Waals surface area contributed by atoms with Gasteiger partial charge in [-0.05, 0) is 19.1 Å². The fourth-order valence-corrected chi connectivity index (χ4v) is 1.14. The molecular weight excluding hydrogens is 178 g/mol. The lowest BCUT2D eigenvalue weighted by Crippen LogP contribution is -2.18. The molecule has 1 rings (SSSR count). The lowest BCUT2D eigenvalue weighted by Gasteiger charge is -2.17. The van der Waals surface area contributed by atoms with Gasteiger partial charge in [-0.1, -0.05) is 17.3 Å². The second-order valence-electron chi connectivity index (χ2n) is 3.05. The van der Waals surface area contributed by atoms with Crippen molar-refractivity contribution >= 4 is 11.5 Å². The molecule has 0 aromatic heterocycles. The summed E-state index contributed by atoms with van der Waals surface area (Å²) in [5, 5.41) is 11.5. The van der Waals surface area contributed by atoms with E-state index < -0.39 is 0 Å². The Morgan fingerprint density at radius 1 is 1.57 bits per heavy atom. The van der Waals surface area contributed by atoms with Gasteiger partial charge in [0.05, 0.1) is 0 Å². The molecule has 0 aliphatic carbocycles. The third kappa shape index (κ3) is 2.16. The van der Waals surface area contributed by atoms with Crippen LogP contribution in [0.25, 0.3) is 0 Å². The van der Waals surface area contributed by atoms with E-state index in [9.17, 15) is 0 Å². The monoisotopic (exact) mass is 193 g/mol. The summed E-state index contributed by atoms with van der Waals surface area (Å²) in [5.41, 5.74) is 7.27. The highest BCUT2D eigenvalue weighted by Gasteiger charge is 2.02. The minimum absolute atomic E-state index is 0.136. The fraction of sp³-hybridized carbons (Fsp3) is 0.300. The average molecular weight is 193 g/mol. The van der Waals surface area contributed by atoms with Crippen LogP contribution in [-0.4, -0.2) is 24.6 Å². The highest BCUT2D eigenvalue weighted by atomic mass is 16.4. The number of oxime groups is 1. The van der Waals surface area contributed by atoms with E-state index in [0.29, 0.717) is 0 Å². The molecule has 0 aliphatic rings. The number of hydrogen-bond acceptors (Lipinski definition) is 3. The van der Waals surface area contributed by atoms with E-state index >= 15 is 0 Å². The van der Waals surface area contributed by atoms with Crippen molar-refractivity contribution in [1.29, 1.82) is 0 Å². The molecule has 0 saturated carbocycles. The van der Waals surface area contributed by atoms with Crippen LogP contribution in [0.4, 0.5) is 5.69 Å². The van der Waals surface area contributed by atoms with Crippen molar-refractivity contribution in [2.24, 2.45) is 10.9 Å². The molecule has 0 radical (unpaired) electrons. The van der Waals surface area contributed by atoms with Crippen molar-refractivity contribution in [1.82, 2.24) is 0 Å². The number of benzene rings is 1. The van der Waals surface area contributed by atoms with E-state index in [-0.39, 0.29) is 5.84 Å². The van der Waals surface area contributed by atoms with Crippen LogP contribution < -0.4 is 10.6 Å². The largest absolute Gasteiger partial charge is 0.409 e. The Hall–Kier alpha value is -1.71. The summed E-state index contributed by atoms with van der Waals surface area (Å²) in [6, 6.07) is 7.56. The van der Waals surface area contributed by atoms with Crippen LogP contribution in [0.2, 0.25) is 0 Å². The van der Waals surface area contributed by atoms with Crippen LogP contribution in [0.5, 0.6) is 0 Å². The minimum Gasteiger partial charge on any atom is -0.409 e. The number of anilines is 1. The Bertz CT molecular complexity index is 336. The number of nitrogens with zero attached hydrogens (tertiary/aromatic N) is 2. The van der Waals surface area contributed by atoms with Gasteiger partial charge in [0.15, 0.2) is 5.84 Å². The Labute approximate surface area is 83.6 Å². The Morgan fingerprint density at radius 2 is 2.29 bits per heavy atom. The van der Waals surface area contributed by atoms with E-state index in [4.69, 9.17) is 10.9 Å². The van der Waals surface area contributed by atoms with Gasteiger partial charge < -0.3 is 15.8 Å². The van der Waals surface area contributed by atoms with E-state index in [2.05, 4.69) is 17.0 Å². The molecule has 0 saturated heterocycles. The highest BCUT2D eigenvalue weighted by Crippen LogP contribution is 2.14. The molecule has 4 heteroatoms. The second kappa shape index (κ2) is 4.50. The Kier molecular flexibility index (Phi) is 3.34. The summed E-state index contributed by atoms with van der Waals surface area (Å²) in [5.74, 6) is 0.136. The molecule has 3 N–H and O–H groups in total. The van der Waals surface area contributed by atoms with Gasteiger partial charge in [0, 0.05) is 24.8 Å². The summed E-state index contributed by atoms with van der Waals surface area (Å²) in [6.07, 6.45) is 0. The minimum atomic E-state index is 0.136. The third-order valence-corrected chi connectivity index (χ3v) is 2.16. The molecule has 0 aliphatic heterocycles. The van der Waals surface area contributed by atoms with Crippen LogP contribution in [0.15, 0.2) is 29.4 Å². The standard InChI is InChI=1S/C10H15N3O/c1-3-13(2)9-6-4-5-8(7-9)10(11)12-14/h4-7,14H,3H2,1-2H3,(H2,11,12). The van der Waals surface area contributed by atoms with E-state index in [1.165, 1.54) is 0 Å². The maximum Gasteiger partial charge on any atom is 0.170 e. The molecular formula is C10H15N3O. The van der Waals surface area contributed by atoms with Gasteiger partial charge in [0.25, 0.3) is 0 Å². The lowest BCUT2D eigenvalue weighted by molar-refractivity contribution is 0.318. The summed E-state index contributed by atoms with van der Waals surface area (Å²) in [6.45, 7) is 2.98. The first-order valence-corrected chi connectivity index (χ1v) is 4.48. The second-order valence-corrected chi connectivity index (χ2v) is 3.05. The first kappa shape index (κ1) is 10.4.